The van der Waals surface area contributed by atoms with E-state index in [4.69, 9.17) is 4.74 Å². The Hall–Kier alpha value is -0.0800. The number of hydrogen-bond donors (Lipinski definition) is 1. The number of aliphatic hydroxyl groups excluding tert-OH is 1. The van der Waals surface area contributed by atoms with Gasteiger partial charge in [-0.2, -0.15) is 0 Å². The first-order chi connectivity index (χ1) is 5.73. The predicted octanol–water partition coefficient (Wildman–Crippen LogP) is 1.82. The van der Waals surface area contributed by atoms with Crippen molar-refractivity contribution in [3.05, 3.63) is 0 Å². The molecule has 1 atom stereocenters. The lowest BCUT2D eigenvalue weighted by Crippen LogP contribution is -2.25. The first-order valence-electron chi connectivity index (χ1n) is 4.91. The Morgan fingerprint density at radius 2 is 2.17 bits per heavy atom. The van der Waals surface area contributed by atoms with Gasteiger partial charge < -0.3 is 9.84 Å². The third-order valence-corrected chi connectivity index (χ3v) is 2.95. The van der Waals surface area contributed by atoms with Gasteiger partial charge in [0.2, 0.25) is 0 Å². The van der Waals surface area contributed by atoms with Gasteiger partial charge in [-0.05, 0) is 37.5 Å². The summed E-state index contributed by atoms with van der Waals surface area (Å²) in [7, 11) is 0. The van der Waals surface area contributed by atoms with E-state index >= 15 is 0 Å². The van der Waals surface area contributed by atoms with Gasteiger partial charge in [0.05, 0.1) is 0 Å². The van der Waals surface area contributed by atoms with Crippen LogP contribution in [0.4, 0.5) is 0 Å². The maximum atomic E-state index is 9.24. The van der Waals surface area contributed by atoms with Crippen molar-refractivity contribution < 1.29 is 9.84 Å². The van der Waals surface area contributed by atoms with Crippen LogP contribution >= 0.6 is 0 Å². The van der Waals surface area contributed by atoms with E-state index in [1.807, 2.05) is 6.92 Å². The zero-order chi connectivity index (χ0) is 9.03. The van der Waals surface area contributed by atoms with Crippen LogP contribution in [0.5, 0.6) is 0 Å². The van der Waals surface area contributed by atoms with Crippen molar-refractivity contribution in [3.63, 3.8) is 0 Å². The van der Waals surface area contributed by atoms with Gasteiger partial charge in [-0.15, -0.1) is 0 Å². The highest BCUT2D eigenvalue weighted by molar-refractivity contribution is 4.90. The van der Waals surface area contributed by atoms with E-state index in [2.05, 4.69) is 6.92 Å². The Balaban J connectivity index is 2.23. The van der Waals surface area contributed by atoms with E-state index in [0.29, 0.717) is 6.61 Å². The quantitative estimate of drug-likeness (QED) is 0.619. The average Bonchev–Trinajstić information content (AvgIpc) is 2.87. The molecule has 0 aliphatic heterocycles. The zero-order valence-corrected chi connectivity index (χ0v) is 8.18. The molecule has 1 N–H and O–H groups in total. The molecule has 1 aliphatic rings. The van der Waals surface area contributed by atoms with Crippen LogP contribution in [0, 0.1) is 11.3 Å². The fraction of sp³-hybridized carbons (Fsp3) is 1.00. The minimum Gasteiger partial charge on any atom is -0.396 e. The SMILES string of the molecule is CCOCCC(C)(CO)C1CC1. The third kappa shape index (κ3) is 2.46. The summed E-state index contributed by atoms with van der Waals surface area (Å²) in [6.07, 6.45) is 3.59. The fourth-order valence-electron chi connectivity index (χ4n) is 1.64. The molecule has 0 aromatic carbocycles. The van der Waals surface area contributed by atoms with Crippen LogP contribution in [0.15, 0.2) is 0 Å². The molecule has 1 rings (SSSR count). The molecule has 0 aromatic rings. The normalized spacial score (nSPS) is 22.2. The molecule has 1 saturated carbocycles. The highest BCUT2D eigenvalue weighted by Gasteiger charge is 2.40. The highest BCUT2D eigenvalue weighted by Crippen LogP contribution is 2.47. The monoisotopic (exact) mass is 172 g/mol. The molecule has 1 aliphatic carbocycles. The van der Waals surface area contributed by atoms with Gasteiger partial charge >= 0.3 is 0 Å². The minimum atomic E-state index is 0.134. The number of aliphatic hydroxyl groups is 1. The second-order valence-corrected chi connectivity index (χ2v) is 4.03. The summed E-state index contributed by atoms with van der Waals surface area (Å²) in [5.74, 6) is 0.753. The van der Waals surface area contributed by atoms with Gasteiger partial charge in [-0.3, -0.25) is 0 Å². The van der Waals surface area contributed by atoms with Crippen LogP contribution in [0.1, 0.15) is 33.1 Å². The van der Waals surface area contributed by atoms with Crippen molar-refractivity contribution in [2.75, 3.05) is 19.8 Å². The number of hydrogen-bond acceptors (Lipinski definition) is 2. The minimum absolute atomic E-state index is 0.134. The Labute approximate surface area is 74.9 Å². The van der Waals surface area contributed by atoms with Crippen LogP contribution in [0.2, 0.25) is 0 Å². The van der Waals surface area contributed by atoms with Crippen molar-refractivity contribution in [2.24, 2.45) is 11.3 Å². The van der Waals surface area contributed by atoms with Crippen LogP contribution in [-0.4, -0.2) is 24.9 Å². The van der Waals surface area contributed by atoms with Crippen molar-refractivity contribution in [1.29, 1.82) is 0 Å². The summed E-state index contributed by atoms with van der Waals surface area (Å²) in [4.78, 5) is 0. The molecular weight excluding hydrogens is 152 g/mol. The molecule has 0 heterocycles. The molecule has 0 aromatic heterocycles. The molecule has 0 bridgehead atoms. The molecule has 1 fully saturated rings. The molecule has 0 saturated heterocycles. The standard InChI is InChI=1S/C10H20O2/c1-3-12-7-6-10(2,8-11)9-4-5-9/h9,11H,3-8H2,1-2H3. The van der Waals surface area contributed by atoms with Crippen molar-refractivity contribution in [3.8, 4) is 0 Å². The Morgan fingerprint density at radius 1 is 1.50 bits per heavy atom. The topological polar surface area (TPSA) is 29.5 Å². The fourth-order valence-corrected chi connectivity index (χ4v) is 1.64. The molecule has 12 heavy (non-hydrogen) atoms. The average molecular weight is 172 g/mol. The van der Waals surface area contributed by atoms with Gasteiger partial charge in [-0.25, -0.2) is 0 Å². The highest BCUT2D eigenvalue weighted by atomic mass is 16.5. The molecule has 0 spiro atoms. The molecule has 0 radical (unpaired) electrons. The predicted molar refractivity (Wildman–Crippen MR) is 49.0 cm³/mol. The lowest BCUT2D eigenvalue weighted by Gasteiger charge is -2.26. The van der Waals surface area contributed by atoms with Crippen LogP contribution < -0.4 is 0 Å². The van der Waals surface area contributed by atoms with Crippen molar-refractivity contribution >= 4 is 0 Å². The van der Waals surface area contributed by atoms with Crippen LogP contribution in [0.3, 0.4) is 0 Å². The Bertz CT molecular complexity index is 132. The molecular formula is C10H20O2. The molecule has 2 heteroatoms. The first-order valence-corrected chi connectivity index (χ1v) is 4.91. The summed E-state index contributed by atoms with van der Waals surface area (Å²) in [6, 6.07) is 0. The van der Waals surface area contributed by atoms with Gasteiger partial charge in [0, 0.05) is 19.8 Å². The second kappa shape index (κ2) is 4.24. The van der Waals surface area contributed by atoms with Crippen molar-refractivity contribution in [1.82, 2.24) is 0 Å². The Kier molecular flexibility index (Phi) is 3.53. The number of ether oxygens (including phenoxy) is 1. The molecule has 0 amide bonds. The Morgan fingerprint density at radius 3 is 2.58 bits per heavy atom. The molecule has 1 unspecified atom stereocenters. The zero-order valence-electron chi connectivity index (χ0n) is 8.18. The lowest BCUT2D eigenvalue weighted by atomic mass is 9.83. The van der Waals surface area contributed by atoms with Crippen molar-refractivity contribution in [2.45, 2.75) is 33.1 Å². The van der Waals surface area contributed by atoms with E-state index < -0.39 is 0 Å². The molecule has 2 nitrogen and oxygen atoms in total. The largest absolute Gasteiger partial charge is 0.396 e. The van der Waals surface area contributed by atoms with E-state index in [-0.39, 0.29) is 5.41 Å². The summed E-state index contributed by atoms with van der Waals surface area (Å²) >= 11 is 0. The van der Waals surface area contributed by atoms with E-state index in [9.17, 15) is 5.11 Å². The second-order valence-electron chi connectivity index (χ2n) is 4.03. The summed E-state index contributed by atoms with van der Waals surface area (Å²) < 4.78 is 5.30. The first kappa shape index (κ1) is 10.0. The summed E-state index contributed by atoms with van der Waals surface area (Å²) in [5, 5.41) is 9.24. The van der Waals surface area contributed by atoms with Gasteiger partial charge in [-0.1, -0.05) is 6.92 Å². The maximum Gasteiger partial charge on any atom is 0.0488 e. The van der Waals surface area contributed by atoms with Gasteiger partial charge in [0.15, 0.2) is 0 Å². The smallest absolute Gasteiger partial charge is 0.0488 e. The van der Waals surface area contributed by atoms with E-state index in [1.165, 1.54) is 12.8 Å². The lowest BCUT2D eigenvalue weighted by molar-refractivity contribution is 0.0582. The van der Waals surface area contributed by atoms with Gasteiger partial charge in [0.25, 0.3) is 0 Å². The van der Waals surface area contributed by atoms with E-state index in [1.54, 1.807) is 0 Å². The summed E-state index contributed by atoms with van der Waals surface area (Å²) in [6.45, 7) is 6.07. The van der Waals surface area contributed by atoms with Gasteiger partial charge in [0.1, 0.15) is 0 Å². The summed E-state index contributed by atoms with van der Waals surface area (Å²) in [5.41, 5.74) is 0.134. The van der Waals surface area contributed by atoms with Crippen LogP contribution in [0.25, 0.3) is 0 Å². The van der Waals surface area contributed by atoms with E-state index in [0.717, 1.165) is 25.6 Å². The molecule has 72 valence electrons. The van der Waals surface area contributed by atoms with Crippen LogP contribution in [-0.2, 0) is 4.74 Å². The maximum absolute atomic E-state index is 9.24. The third-order valence-electron chi connectivity index (χ3n) is 2.95. The number of rotatable bonds is 6.